The molecule has 9 aromatic rings. The number of aromatic hydroxyl groups is 1. The average molecular weight is 927 g/mol. The van der Waals surface area contributed by atoms with Crippen LogP contribution in [0.3, 0.4) is 0 Å². The van der Waals surface area contributed by atoms with Crippen LogP contribution >= 0.6 is 0 Å². The largest absolute Gasteiger partial charge is 0.507 e. The van der Waals surface area contributed by atoms with Crippen LogP contribution in [0.1, 0.15) is 38.5 Å². The predicted molar refractivity (Wildman–Crippen MR) is 231 cm³/mol. The molecular weight excluding hydrogens is 878 g/mol. The summed E-state index contributed by atoms with van der Waals surface area (Å²) in [6, 6.07) is 57.4. The Labute approximate surface area is 361 Å². The Bertz CT molecular complexity index is 3150. The van der Waals surface area contributed by atoms with Gasteiger partial charge >= 0.3 is 0 Å². The van der Waals surface area contributed by atoms with E-state index in [0.717, 1.165) is 27.8 Å². The Morgan fingerprint density at radius 3 is 1.89 bits per heavy atom. The van der Waals surface area contributed by atoms with Crippen molar-refractivity contribution in [3.05, 3.63) is 194 Å². The van der Waals surface area contributed by atoms with Crippen molar-refractivity contribution >= 4 is 11.0 Å². The maximum Gasteiger partial charge on any atom is 0.148 e. The fourth-order valence-electron chi connectivity index (χ4n) is 7.26. The zero-order valence-electron chi connectivity index (χ0n) is 39.4. The molecule has 0 atom stereocenters. The zero-order valence-corrected chi connectivity index (χ0v) is 32.7. The molecule has 0 saturated carbocycles. The number of rotatable bonds is 7. The van der Waals surface area contributed by atoms with Crippen molar-refractivity contribution in [3.63, 3.8) is 0 Å². The molecule has 0 aliphatic rings. The van der Waals surface area contributed by atoms with E-state index in [1.165, 1.54) is 12.1 Å². The molecule has 0 fully saturated rings. The summed E-state index contributed by atoms with van der Waals surface area (Å²) < 4.78 is 78.2. The summed E-state index contributed by atoms with van der Waals surface area (Å²) in [5, 5.41) is 11.4. The van der Waals surface area contributed by atoms with Crippen molar-refractivity contribution in [3.8, 4) is 78.6 Å². The van der Waals surface area contributed by atoms with E-state index in [-0.39, 0.29) is 32.4 Å². The van der Waals surface area contributed by atoms with E-state index in [0.29, 0.717) is 56.1 Å². The standard InChI is InChI=1S/C52H40N3O.Pt/c1-52(2,3)42-26-27-47(45(34-42)37-20-11-6-12-21-37)55-48-24-15-23-43(50(48)54-51(55)44-22-13-14-25-49(44)56)40-30-39(36-18-9-5-10-19-36)31-41(32-40)46-33-38(28-29-53-46)35-16-7-4-8-17-35;/h4-31,33-34,56H,1-3H3;/q-1;/i1D3,2D3,3D3;. The molecule has 0 radical (unpaired) electrons. The first kappa shape index (κ1) is 28.1. The van der Waals surface area contributed by atoms with Gasteiger partial charge in [0.2, 0.25) is 0 Å². The Balaban J connectivity index is 0.00000592. The van der Waals surface area contributed by atoms with Gasteiger partial charge in [-0.15, -0.1) is 23.8 Å². The van der Waals surface area contributed by atoms with Crippen LogP contribution in [0.25, 0.3) is 83.9 Å². The normalized spacial score (nSPS) is 14.4. The predicted octanol–water partition coefficient (Wildman–Crippen LogP) is 13.2. The van der Waals surface area contributed by atoms with Crippen LogP contribution in [-0.2, 0) is 26.5 Å². The molecule has 0 bridgehead atoms. The number of phenolic OH excluding ortho intramolecular Hbond substituents is 1. The van der Waals surface area contributed by atoms with E-state index in [1.54, 1.807) is 66.9 Å². The van der Waals surface area contributed by atoms with E-state index in [2.05, 4.69) is 30.3 Å². The first-order valence-corrected chi connectivity index (χ1v) is 18.2. The van der Waals surface area contributed by atoms with Crippen molar-refractivity contribution in [2.75, 3.05) is 0 Å². The molecule has 0 saturated heterocycles. The summed E-state index contributed by atoms with van der Waals surface area (Å²) in [6.07, 6.45) is 1.79. The maximum atomic E-state index is 11.4. The minimum Gasteiger partial charge on any atom is -0.507 e. The van der Waals surface area contributed by atoms with Gasteiger partial charge in [0.05, 0.1) is 22.3 Å². The number of pyridine rings is 1. The summed E-state index contributed by atoms with van der Waals surface area (Å²) in [7, 11) is 0. The van der Waals surface area contributed by atoms with Gasteiger partial charge in [-0.25, -0.2) is 4.98 Å². The number of nitrogens with zero attached hydrogens (tertiary/aromatic N) is 3. The van der Waals surface area contributed by atoms with Crippen molar-refractivity contribution in [2.24, 2.45) is 0 Å². The molecule has 280 valence electrons. The van der Waals surface area contributed by atoms with E-state index in [4.69, 9.17) is 22.3 Å². The van der Waals surface area contributed by atoms with Crippen LogP contribution in [-0.4, -0.2) is 19.6 Å². The minimum absolute atomic E-state index is 0. The molecule has 4 nitrogen and oxygen atoms in total. The third-order valence-electron chi connectivity index (χ3n) is 9.99. The number of fused-ring (bicyclic) bond motifs is 1. The van der Waals surface area contributed by atoms with Crippen LogP contribution in [0.15, 0.2) is 182 Å². The fourth-order valence-corrected chi connectivity index (χ4v) is 7.26. The van der Waals surface area contributed by atoms with Gasteiger partial charge in [0.15, 0.2) is 0 Å². The van der Waals surface area contributed by atoms with Gasteiger partial charge < -0.3 is 5.11 Å². The van der Waals surface area contributed by atoms with Gasteiger partial charge in [-0.2, -0.15) is 0 Å². The summed E-state index contributed by atoms with van der Waals surface area (Å²) in [6.45, 7) is -10.4. The summed E-state index contributed by atoms with van der Waals surface area (Å²) in [5.74, 6) is 0.264. The van der Waals surface area contributed by atoms with Crippen molar-refractivity contribution in [2.45, 2.75) is 26.0 Å². The minimum atomic E-state index is -3.47. The zero-order chi connectivity index (χ0) is 45.7. The molecular formula is C52H40N3OPt-. The molecule has 1 N–H and O–H groups in total. The summed E-state index contributed by atoms with van der Waals surface area (Å²) >= 11 is 0. The first-order valence-electron chi connectivity index (χ1n) is 22.7. The van der Waals surface area contributed by atoms with Gasteiger partial charge in [-0.3, -0.25) is 9.55 Å². The number of aromatic nitrogens is 3. The summed E-state index contributed by atoms with van der Waals surface area (Å²) in [5.41, 5.74) is 6.02. The van der Waals surface area contributed by atoms with E-state index in [1.807, 2.05) is 83.4 Å². The first-order chi connectivity index (χ1) is 31.1. The number of para-hydroxylation sites is 2. The van der Waals surface area contributed by atoms with Gasteiger partial charge in [-0.1, -0.05) is 165 Å². The second-order valence-electron chi connectivity index (χ2n) is 13.7. The van der Waals surface area contributed by atoms with Gasteiger partial charge in [0, 0.05) is 50.9 Å². The van der Waals surface area contributed by atoms with E-state index in [9.17, 15) is 5.11 Å². The molecule has 5 heteroatoms. The molecule has 0 aliphatic carbocycles. The van der Waals surface area contributed by atoms with Gasteiger partial charge in [-0.05, 0) is 69.6 Å². The Morgan fingerprint density at radius 1 is 0.561 bits per heavy atom. The van der Waals surface area contributed by atoms with Crippen molar-refractivity contribution in [1.82, 2.24) is 14.5 Å². The van der Waals surface area contributed by atoms with Crippen LogP contribution in [0.4, 0.5) is 0 Å². The molecule has 0 aliphatic heterocycles. The van der Waals surface area contributed by atoms with Crippen LogP contribution in [0.2, 0.25) is 0 Å². The molecule has 7 aromatic carbocycles. The molecule has 9 rings (SSSR count). The number of hydrogen-bond acceptors (Lipinski definition) is 3. The number of phenols is 1. The Hall–Kier alpha value is -6.35. The molecule has 57 heavy (non-hydrogen) atoms. The van der Waals surface area contributed by atoms with Gasteiger partial charge in [0.25, 0.3) is 0 Å². The number of hydrogen-bond donors (Lipinski definition) is 1. The average Bonchev–Trinajstić information content (AvgIpc) is 3.68. The number of benzene rings is 7. The molecule has 0 spiro atoms. The van der Waals surface area contributed by atoms with Crippen LogP contribution < -0.4 is 0 Å². The monoisotopic (exact) mass is 926 g/mol. The second kappa shape index (κ2) is 15.7. The molecule has 0 unspecified atom stereocenters. The summed E-state index contributed by atoms with van der Waals surface area (Å²) in [4.78, 5) is 10.1. The smallest absolute Gasteiger partial charge is 0.148 e. The third-order valence-corrected chi connectivity index (χ3v) is 9.99. The topological polar surface area (TPSA) is 50.9 Å². The van der Waals surface area contributed by atoms with E-state index >= 15 is 0 Å². The quantitative estimate of drug-likeness (QED) is 0.162. The molecule has 2 aromatic heterocycles. The third kappa shape index (κ3) is 7.37. The second-order valence-corrected chi connectivity index (χ2v) is 13.7. The Kier molecular flexibility index (Phi) is 7.72. The van der Waals surface area contributed by atoms with E-state index < -0.39 is 26.0 Å². The number of imidazole rings is 1. The molecule has 2 heterocycles. The Morgan fingerprint density at radius 2 is 1.19 bits per heavy atom. The van der Waals surface area contributed by atoms with Crippen LogP contribution in [0, 0.1) is 6.07 Å². The molecule has 0 amide bonds. The van der Waals surface area contributed by atoms with Crippen molar-refractivity contribution in [1.29, 1.82) is 0 Å². The van der Waals surface area contributed by atoms with Crippen LogP contribution in [0.5, 0.6) is 5.75 Å². The fraction of sp³-hybridized carbons (Fsp3) is 0.0769. The SMILES string of the molecule is [2H]C([2H])([2H])C(c1ccc(-n2c(-c3ccccc3O)nc3c(-c4[c-]c(-c5cc(-c6ccccc6)ccn5)cc(-c5ccccc5)c4)cccc32)c(-c2ccccc2)c1)(C([2H])([2H])[2H])C([2H])([2H])[2H].[Pt]. The van der Waals surface area contributed by atoms with Gasteiger partial charge in [0.1, 0.15) is 11.6 Å². The maximum absolute atomic E-state index is 11.4. The van der Waals surface area contributed by atoms with Crippen molar-refractivity contribution < 1.29 is 38.5 Å².